The molecule has 0 saturated carbocycles. The van der Waals surface area contributed by atoms with E-state index in [0.717, 1.165) is 3.79 Å². The molecule has 22 heavy (non-hydrogen) atoms. The van der Waals surface area contributed by atoms with Crippen LogP contribution in [0.25, 0.3) is 0 Å². The normalized spacial score (nSPS) is 18.4. The molecular weight excluding hydrogens is 370 g/mol. The smallest absolute Gasteiger partial charge is 0.410 e. The molecule has 1 fully saturated rings. The molecule has 0 radical (unpaired) electrons. The number of rotatable bonds is 2. The van der Waals surface area contributed by atoms with Gasteiger partial charge in [0.25, 0.3) is 5.91 Å². The highest BCUT2D eigenvalue weighted by atomic mass is 79.9. The van der Waals surface area contributed by atoms with Gasteiger partial charge in [-0.05, 0) is 49.2 Å². The Morgan fingerprint density at radius 3 is 2.73 bits per heavy atom. The summed E-state index contributed by atoms with van der Waals surface area (Å²) in [7, 11) is 0. The van der Waals surface area contributed by atoms with E-state index in [1.165, 1.54) is 11.3 Å². The van der Waals surface area contributed by atoms with E-state index in [1.807, 2.05) is 20.8 Å². The van der Waals surface area contributed by atoms with E-state index >= 15 is 0 Å². The summed E-state index contributed by atoms with van der Waals surface area (Å²) < 4.78 is 6.15. The Morgan fingerprint density at radius 2 is 2.18 bits per heavy atom. The van der Waals surface area contributed by atoms with Crippen molar-refractivity contribution >= 4 is 45.0 Å². The molecule has 0 aliphatic carbocycles. The van der Waals surface area contributed by atoms with Crippen LogP contribution >= 0.6 is 27.3 Å². The summed E-state index contributed by atoms with van der Waals surface area (Å²) in [5, 5.41) is 2.92. The number of likely N-dealkylation sites (tertiary alicyclic amines) is 1. The van der Waals surface area contributed by atoms with Crippen molar-refractivity contribution in [3.05, 3.63) is 14.7 Å². The van der Waals surface area contributed by atoms with Crippen molar-refractivity contribution in [3.63, 3.8) is 0 Å². The Kier molecular flexibility index (Phi) is 5.01. The lowest BCUT2D eigenvalue weighted by atomic mass is 10.2. The average molecular weight is 390 g/mol. The maximum Gasteiger partial charge on any atom is 0.410 e. The van der Waals surface area contributed by atoms with Crippen molar-refractivity contribution in [1.29, 1.82) is 0 Å². The van der Waals surface area contributed by atoms with Crippen LogP contribution in [0.1, 0.15) is 36.9 Å². The summed E-state index contributed by atoms with van der Waals surface area (Å²) in [6.45, 7) is 6.52. The Balaban J connectivity index is 1.90. The number of carbonyl (C=O) groups is 2. The van der Waals surface area contributed by atoms with Crippen LogP contribution in [0.5, 0.6) is 0 Å². The molecule has 0 aromatic carbocycles. The summed E-state index contributed by atoms with van der Waals surface area (Å²) in [4.78, 5) is 26.3. The predicted octanol–water partition coefficient (Wildman–Crippen LogP) is 2.83. The molecule has 1 saturated heterocycles. The van der Waals surface area contributed by atoms with Gasteiger partial charge in [-0.1, -0.05) is 0 Å². The summed E-state index contributed by atoms with van der Waals surface area (Å²) in [6, 6.07) is 1.63. The highest BCUT2D eigenvalue weighted by Crippen LogP contribution is 2.29. The summed E-state index contributed by atoms with van der Waals surface area (Å²) in [5.41, 5.74) is 5.73. The van der Waals surface area contributed by atoms with Crippen molar-refractivity contribution in [1.82, 2.24) is 10.2 Å². The SMILES string of the molecule is CC(C)(C)OC(=O)N1CC[C@H](NC(=O)c2sc(Br)cc2N)C1. The molecular formula is C14H20BrN3O3S. The number of hydrogen-bond acceptors (Lipinski definition) is 5. The first kappa shape index (κ1) is 17.1. The third kappa shape index (κ3) is 4.36. The maximum atomic E-state index is 12.2. The molecule has 2 amide bonds. The van der Waals surface area contributed by atoms with E-state index in [4.69, 9.17) is 10.5 Å². The minimum atomic E-state index is -0.518. The molecule has 1 aliphatic heterocycles. The molecule has 8 heteroatoms. The predicted molar refractivity (Wildman–Crippen MR) is 90.1 cm³/mol. The van der Waals surface area contributed by atoms with Crippen molar-refractivity contribution < 1.29 is 14.3 Å². The fourth-order valence-electron chi connectivity index (χ4n) is 2.17. The second-order valence-electron chi connectivity index (χ2n) is 6.22. The highest BCUT2D eigenvalue weighted by Gasteiger charge is 2.31. The average Bonchev–Trinajstić information content (AvgIpc) is 2.94. The van der Waals surface area contributed by atoms with Gasteiger partial charge in [-0.25, -0.2) is 4.79 Å². The topological polar surface area (TPSA) is 84.7 Å². The van der Waals surface area contributed by atoms with Crippen LogP contribution in [0, 0.1) is 0 Å². The van der Waals surface area contributed by atoms with Gasteiger partial charge in [-0.15, -0.1) is 11.3 Å². The number of amides is 2. The van der Waals surface area contributed by atoms with Gasteiger partial charge < -0.3 is 20.7 Å². The second-order valence-corrected chi connectivity index (χ2v) is 8.65. The molecule has 0 spiro atoms. The van der Waals surface area contributed by atoms with Gasteiger partial charge in [0.15, 0.2) is 0 Å². The molecule has 122 valence electrons. The van der Waals surface area contributed by atoms with Crippen molar-refractivity contribution in [2.45, 2.75) is 38.8 Å². The van der Waals surface area contributed by atoms with Crippen LogP contribution < -0.4 is 11.1 Å². The lowest BCUT2D eigenvalue weighted by molar-refractivity contribution is 0.0290. The number of halogens is 1. The number of anilines is 1. The maximum absolute atomic E-state index is 12.2. The Morgan fingerprint density at radius 1 is 1.50 bits per heavy atom. The zero-order valence-corrected chi connectivity index (χ0v) is 15.2. The molecule has 1 atom stereocenters. The molecule has 3 N–H and O–H groups in total. The molecule has 1 aliphatic rings. The summed E-state index contributed by atoms with van der Waals surface area (Å²) in [5.74, 6) is -0.204. The molecule has 1 aromatic heterocycles. The molecule has 1 aromatic rings. The molecule has 2 heterocycles. The van der Waals surface area contributed by atoms with Gasteiger partial charge in [-0.2, -0.15) is 0 Å². The van der Waals surface area contributed by atoms with E-state index in [-0.39, 0.29) is 18.0 Å². The van der Waals surface area contributed by atoms with Gasteiger partial charge in [0.05, 0.1) is 9.47 Å². The van der Waals surface area contributed by atoms with E-state index in [1.54, 1.807) is 11.0 Å². The standard InChI is InChI=1S/C14H20BrN3O3S/c1-14(2,3)21-13(20)18-5-4-8(7-18)17-12(19)11-9(16)6-10(15)22-11/h6,8H,4-5,7,16H2,1-3H3,(H,17,19)/t8-/m0/s1. The van der Waals surface area contributed by atoms with Crippen molar-refractivity contribution in [2.75, 3.05) is 18.8 Å². The lowest BCUT2D eigenvalue weighted by Gasteiger charge is -2.24. The van der Waals surface area contributed by atoms with E-state index in [9.17, 15) is 9.59 Å². The number of nitrogens with two attached hydrogens (primary N) is 1. The molecule has 0 bridgehead atoms. The van der Waals surface area contributed by atoms with Crippen LogP contribution in [0.15, 0.2) is 9.85 Å². The first-order valence-corrected chi connectivity index (χ1v) is 8.60. The Bertz CT molecular complexity index is 582. The summed E-state index contributed by atoms with van der Waals surface area (Å²) in [6.07, 6.45) is 0.361. The van der Waals surface area contributed by atoms with Crippen LogP contribution in [-0.4, -0.2) is 41.6 Å². The number of ether oxygens (including phenoxy) is 1. The van der Waals surface area contributed by atoms with Crippen LogP contribution in [0.2, 0.25) is 0 Å². The first-order valence-electron chi connectivity index (χ1n) is 6.99. The Labute approximate surface area is 142 Å². The van der Waals surface area contributed by atoms with Crippen LogP contribution in [0.4, 0.5) is 10.5 Å². The number of nitrogen functional groups attached to an aromatic ring is 1. The lowest BCUT2D eigenvalue weighted by Crippen LogP contribution is -2.40. The minimum Gasteiger partial charge on any atom is -0.444 e. The zero-order chi connectivity index (χ0) is 16.5. The number of hydrogen-bond donors (Lipinski definition) is 2. The highest BCUT2D eigenvalue weighted by molar-refractivity contribution is 9.11. The van der Waals surface area contributed by atoms with Gasteiger partial charge in [0.1, 0.15) is 10.5 Å². The van der Waals surface area contributed by atoms with Crippen LogP contribution in [-0.2, 0) is 4.74 Å². The number of carbonyl (C=O) groups excluding carboxylic acids is 2. The van der Waals surface area contributed by atoms with E-state index in [0.29, 0.717) is 30.1 Å². The largest absolute Gasteiger partial charge is 0.444 e. The van der Waals surface area contributed by atoms with Gasteiger partial charge in [-0.3, -0.25) is 4.79 Å². The van der Waals surface area contributed by atoms with Gasteiger partial charge in [0, 0.05) is 19.1 Å². The van der Waals surface area contributed by atoms with E-state index < -0.39 is 5.60 Å². The first-order chi connectivity index (χ1) is 10.2. The molecule has 6 nitrogen and oxygen atoms in total. The van der Waals surface area contributed by atoms with Crippen molar-refractivity contribution in [2.24, 2.45) is 0 Å². The number of nitrogens with zero attached hydrogens (tertiary/aromatic N) is 1. The van der Waals surface area contributed by atoms with Crippen molar-refractivity contribution in [3.8, 4) is 0 Å². The summed E-state index contributed by atoms with van der Waals surface area (Å²) >= 11 is 4.60. The van der Waals surface area contributed by atoms with E-state index in [2.05, 4.69) is 21.2 Å². The molecule has 0 unspecified atom stereocenters. The Hall–Kier alpha value is -1.28. The fraction of sp³-hybridized carbons (Fsp3) is 0.571. The fourth-order valence-corrected chi connectivity index (χ4v) is 3.61. The van der Waals surface area contributed by atoms with Gasteiger partial charge in [0.2, 0.25) is 0 Å². The number of nitrogens with one attached hydrogen (secondary N) is 1. The monoisotopic (exact) mass is 389 g/mol. The van der Waals surface area contributed by atoms with Gasteiger partial charge >= 0.3 is 6.09 Å². The third-order valence-corrected chi connectivity index (χ3v) is 4.76. The quantitative estimate of drug-likeness (QED) is 0.813. The zero-order valence-electron chi connectivity index (χ0n) is 12.8. The van der Waals surface area contributed by atoms with Crippen LogP contribution in [0.3, 0.4) is 0 Å². The number of thiophene rings is 1. The second kappa shape index (κ2) is 6.45. The minimum absolute atomic E-state index is 0.0831. The third-order valence-electron chi connectivity index (χ3n) is 3.11. The molecule has 2 rings (SSSR count).